The lowest BCUT2D eigenvalue weighted by atomic mass is 9.96. The van der Waals surface area contributed by atoms with Crippen molar-refractivity contribution in [2.45, 2.75) is 57.9 Å². The summed E-state index contributed by atoms with van der Waals surface area (Å²) in [5.74, 6) is -0.0297. The number of fused-ring (bicyclic) bond motifs is 1. The molecule has 0 atom stereocenters. The maximum atomic E-state index is 12.7. The first kappa shape index (κ1) is 15.3. The molecule has 3 rings (SSSR count). The van der Waals surface area contributed by atoms with Gasteiger partial charge in [0.25, 0.3) is 5.91 Å². The van der Waals surface area contributed by atoms with Gasteiger partial charge in [0.1, 0.15) is 11.3 Å². The number of nitrogens with zero attached hydrogens (tertiary/aromatic N) is 2. The lowest BCUT2D eigenvalue weighted by Gasteiger charge is -2.21. The fraction of sp³-hybridized carbons (Fsp3) is 0.529. The number of carbonyl (C=O) groups is 1. The van der Waals surface area contributed by atoms with Gasteiger partial charge in [0.05, 0.1) is 5.69 Å². The van der Waals surface area contributed by atoms with E-state index in [1.165, 1.54) is 32.1 Å². The van der Waals surface area contributed by atoms with Crippen molar-refractivity contribution in [3.63, 3.8) is 0 Å². The Morgan fingerprint density at radius 3 is 2.68 bits per heavy atom. The van der Waals surface area contributed by atoms with Crippen LogP contribution in [0.1, 0.15) is 61.1 Å². The fourth-order valence-corrected chi connectivity index (χ4v) is 3.42. The van der Waals surface area contributed by atoms with E-state index < -0.39 is 0 Å². The summed E-state index contributed by atoms with van der Waals surface area (Å²) in [7, 11) is 0. The molecule has 0 aromatic carbocycles. The summed E-state index contributed by atoms with van der Waals surface area (Å²) < 4.78 is 1.82. The molecule has 4 nitrogen and oxygen atoms in total. The van der Waals surface area contributed by atoms with Crippen LogP contribution in [0.15, 0.2) is 18.3 Å². The van der Waals surface area contributed by atoms with E-state index in [-0.39, 0.29) is 11.9 Å². The Balaban J connectivity index is 1.80. The van der Waals surface area contributed by atoms with Gasteiger partial charge in [-0.15, -0.1) is 0 Å². The number of halogens is 1. The molecule has 0 aliphatic heterocycles. The number of hydrogen-bond donors (Lipinski definition) is 1. The highest BCUT2D eigenvalue weighted by atomic mass is 35.5. The number of carbonyl (C=O) groups excluding carboxylic acids is 1. The highest BCUT2D eigenvalue weighted by molar-refractivity contribution is 6.30. The van der Waals surface area contributed by atoms with Crippen LogP contribution < -0.4 is 5.32 Å². The van der Waals surface area contributed by atoms with Crippen molar-refractivity contribution in [1.29, 1.82) is 0 Å². The quantitative estimate of drug-likeness (QED) is 0.904. The summed E-state index contributed by atoms with van der Waals surface area (Å²) in [4.78, 5) is 17.1. The third-order valence-electron chi connectivity index (χ3n) is 4.42. The van der Waals surface area contributed by atoms with Crippen molar-refractivity contribution in [3.05, 3.63) is 34.7 Å². The molecule has 2 aromatic rings. The van der Waals surface area contributed by atoms with Crippen molar-refractivity contribution >= 4 is 23.2 Å². The second-order valence-corrected chi connectivity index (χ2v) is 6.57. The van der Waals surface area contributed by atoms with Crippen LogP contribution >= 0.6 is 11.6 Å². The first-order chi connectivity index (χ1) is 10.6. The molecule has 5 heteroatoms. The third kappa shape index (κ3) is 3.27. The molecule has 1 saturated carbocycles. The third-order valence-corrected chi connectivity index (χ3v) is 4.65. The minimum absolute atomic E-state index is 0.0297. The Morgan fingerprint density at radius 1 is 1.27 bits per heavy atom. The van der Waals surface area contributed by atoms with Gasteiger partial charge in [-0.2, -0.15) is 0 Å². The standard InChI is InChI=1S/C17H22ClN3O/c1-12-16(21-10-9-13(18)11-15(21)19-12)17(22)20-14-7-5-3-2-4-6-8-14/h9-11,14H,2-8H2,1H3,(H,20,22). The summed E-state index contributed by atoms with van der Waals surface area (Å²) in [6.07, 6.45) is 10.2. The monoisotopic (exact) mass is 319 g/mol. The van der Waals surface area contributed by atoms with Crippen LogP contribution in [-0.4, -0.2) is 21.3 Å². The number of pyridine rings is 1. The number of hydrogen-bond acceptors (Lipinski definition) is 2. The van der Waals surface area contributed by atoms with Crippen LogP contribution in [0.25, 0.3) is 5.65 Å². The Morgan fingerprint density at radius 2 is 1.95 bits per heavy atom. The van der Waals surface area contributed by atoms with E-state index in [1.807, 2.05) is 17.5 Å². The molecule has 2 aromatic heterocycles. The van der Waals surface area contributed by atoms with E-state index in [0.717, 1.165) is 18.5 Å². The first-order valence-corrected chi connectivity index (χ1v) is 8.48. The van der Waals surface area contributed by atoms with E-state index in [1.54, 1.807) is 12.1 Å². The van der Waals surface area contributed by atoms with Crippen LogP contribution in [0.3, 0.4) is 0 Å². The molecule has 22 heavy (non-hydrogen) atoms. The molecule has 2 heterocycles. The predicted octanol–water partition coefficient (Wildman–Crippen LogP) is 4.14. The Bertz CT molecular complexity index is 672. The van der Waals surface area contributed by atoms with E-state index in [0.29, 0.717) is 16.4 Å². The Kier molecular flexibility index (Phi) is 4.67. The smallest absolute Gasteiger partial charge is 0.270 e. The summed E-state index contributed by atoms with van der Waals surface area (Å²) in [6.45, 7) is 1.87. The van der Waals surface area contributed by atoms with Gasteiger partial charge in [0, 0.05) is 23.3 Å². The van der Waals surface area contributed by atoms with Gasteiger partial charge < -0.3 is 5.32 Å². The first-order valence-electron chi connectivity index (χ1n) is 8.10. The zero-order chi connectivity index (χ0) is 15.5. The van der Waals surface area contributed by atoms with E-state index in [9.17, 15) is 4.79 Å². The molecular weight excluding hydrogens is 298 g/mol. The normalized spacial score (nSPS) is 17.2. The van der Waals surface area contributed by atoms with E-state index in [4.69, 9.17) is 11.6 Å². The van der Waals surface area contributed by atoms with Gasteiger partial charge in [-0.25, -0.2) is 4.98 Å². The summed E-state index contributed by atoms with van der Waals surface area (Å²) in [5, 5.41) is 3.83. The summed E-state index contributed by atoms with van der Waals surface area (Å²) >= 11 is 6.00. The average molecular weight is 320 g/mol. The molecule has 1 aliphatic rings. The van der Waals surface area contributed by atoms with Gasteiger partial charge in [0.2, 0.25) is 0 Å². The summed E-state index contributed by atoms with van der Waals surface area (Å²) in [5.41, 5.74) is 2.08. The average Bonchev–Trinajstić information content (AvgIpc) is 2.76. The topological polar surface area (TPSA) is 46.4 Å². The van der Waals surface area contributed by atoms with E-state index in [2.05, 4.69) is 10.3 Å². The zero-order valence-electron chi connectivity index (χ0n) is 12.9. The lowest BCUT2D eigenvalue weighted by Crippen LogP contribution is -2.36. The SMILES string of the molecule is Cc1nc2cc(Cl)ccn2c1C(=O)NC1CCCCCCC1. The van der Waals surface area contributed by atoms with Crippen LogP contribution in [0.4, 0.5) is 0 Å². The van der Waals surface area contributed by atoms with Gasteiger partial charge >= 0.3 is 0 Å². The molecule has 0 radical (unpaired) electrons. The molecule has 0 bridgehead atoms. The van der Waals surface area contributed by atoms with Gasteiger partial charge in [-0.1, -0.05) is 43.7 Å². The Labute approximate surface area is 135 Å². The largest absolute Gasteiger partial charge is 0.348 e. The number of rotatable bonds is 2. The molecule has 1 fully saturated rings. The molecule has 1 aliphatic carbocycles. The summed E-state index contributed by atoms with van der Waals surface area (Å²) in [6, 6.07) is 3.84. The van der Waals surface area contributed by atoms with E-state index >= 15 is 0 Å². The van der Waals surface area contributed by atoms with Crippen LogP contribution in [0, 0.1) is 6.92 Å². The minimum Gasteiger partial charge on any atom is -0.348 e. The zero-order valence-corrected chi connectivity index (χ0v) is 13.7. The molecule has 0 spiro atoms. The van der Waals surface area contributed by atoms with Crippen LogP contribution in [0.2, 0.25) is 5.02 Å². The molecule has 1 amide bonds. The number of aromatic nitrogens is 2. The second kappa shape index (κ2) is 6.69. The predicted molar refractivity (Wildman–Crippen MR) is 88.5 cm³/mol. The van der Waals surface area contributed by atoms with Crippen LogP contribution in [0.5, 0.6) is 0 Å². The van der Waals surface area contributed by atoms with Gasteiger partial charge in [-0.05, 0) is 25.8 Å². The van der Waals surface area contributed by atoms with Crippen molar-refractivity contribution in [2.75, 3.05) is 0 Å². The molecule has 1 N–H and O–H groups in total. The highest BCUT2D eigenvalue weighted by Crippen LogP contribution is 2.19. The van der Waals surface area contributed by atoms with Gasteiger partial charge in [0.15, 0.2) is 0 Å². The number of nitrogens with one attached hydrogen (secondary N) is 1. The molecule has 0 saturated heterocycles. The van der Waals surface area contributed by atoms with Crippen molar-refractivity contribution in [2.24, 2.45) is 0 Å². The molecule has 0 unspecified atom stereocenters. The number of amides is 1. The van der Waals surface area contributed by atoms with Crippen LogP contribution in [-0.2, 0) is 0 Å². The Hall–Kier alpha value is -1.55. The lowest BCUT2D eigenvalue weighted by molar-refractivity contribution is 0.0924. The van der Waals surface area contributed by atoms with Crippen molar-refractivity contribution in [1.82, 2.24) is 14.7 Å². The minimum atomic E-state index is -0.0297. The fourth-order valence-electron chi connectivity index (χ4n) is 3.27. The molecule has 118 valence electrons. The number of aryl methyl sites for hydroxylation is 1. The highest BCUT2D eigenvalue weighted by Gasteiger charge is 2.20. The maximum Gasteiger partial charge on any atom is 0.270 e. The number of imidazole rings is 1. The van der Waals surface area contributed by atoms with Crippen molar-refractivity contribution in [3.8, 4) is 0 Å². The van der Waals surface area contributed by atoms with Gasteiger partial charge in [-0.3, -0.25) is 9.20 Å². The second-order valence-electron chi connectivity index (χ2n) is 6.13. The van der Waals surface area contributed by atoms with Crippen molar-refractivity contribution < 1.29 is 4.79 Å². The maximum absolute atomic E-state index is 12.7. The molecular formula is C17H22ClN3O.